The molecule has 0 amide bonds. The first kappa shape index (κ1) is 11.0. The van der Waals surface area contributed by atoms with Gasteiger partial charge >= 0.3 is 5.97 Å². The molecule has 0 aliphatic carbocycles. The van der Waals surface area contributed by atoms with E-state index in [9.17, 15) is 4.79 Å². The Bertz CT molecular complexity index is 312. The number of benzene rings is 1. The fourth-order valence-electron chi connectivity index (χ4n) is 1.04. The van der Waals surface area contributed by atoms with E-state index in [0.717, 1.165) is 5.56 Å². The molecule has 1 aromatic carbocycles. The van der Waals surface area contributed by atoms with Crippen LogP contribution in [0.5, 0.6) is 0 Å². The average molecular weight is 215 g/mol. The number of aliphatic carboxylic acids is 1. The van der Waals surface area contributed by atoms with Crippen molar-refractivity contribution >= 4 is 17.6 Å². The molecule has 0 aliphatic rings. The zero-order chi connectivity index (χ0) is 10.4. The topological polar surface area (TPSA) is 46.5 Å². The van der Waals surface area contributed by atoms with Crippen LogP contribution in [0.1, 0.15) is 5.56 Å². The lowest BCUT2D eigenvalue weighted by Crippen LogP contribution is -2.09. The summed E-state index contributed by atoms with van der Waals surface area (Å²) >= 11 is 5.89. The van der Waals surface area contributed by atoms with Gasteiger partial charge in [0.25, 0.3) is 0 Å². The second-order valence-corrected chi connectivity index (χ2v) is 3.19. The van der Waals surface area contributed by atoms with Crippen LogP contribution in [0.2, 0.25) is 5.02 Å². The van der Waals surface area contributed by atoms with Gasteiger partial charge in [0.15, 0.2) is 0 Å². The van der Waals surface area contributed by atoms with Crippen molar-refractivity contribution in [1.29, 1.82) is 0 Å². The van der Waals surface area contributed by atoms with Crippen LogP contribution < -0.4 is 0 Å². The molecule has 0 aromatic heterocycles. The van der Waals surface area contributed by atoms with Crippen LogP contribution in [-0.4, -0.2) is 24.3 Å². The molecule has 1 aromatic rings. The van der Waals surface area contributed by atoms with Gasteiger partial charge in [-0.25, -0.2) is 4.79 Å². The predicted molar refractivity (Wildman–Crippen MR) is 53.6 cm³/mol. The molecule has 0 atom stereocenters. The standard InChI is InChI=1S/C10H11ClO3/c11-9-4-2-1-3-8(9)5-6-14-7-10(12)13/h1-4H,5-7H2,(H,12,13). The van der Waals surface area contributed by atoms with Crippen molar-refractivity contribution in [2.24, 2.45) is 0 Å². The van der Waals surface area contributed by atoms with Gasteiger partial charge in [0.2, 0.25) is 0 Å². The molecule has 76 valence electrons. The molecule has 1 rings (SSSR count). The molecular weight excluding hydrogens is 204 g/mol. The Labute approximate surface area is 87.3 Å². The molecule has 0 aliphatic heterocycles. The Morgan fingerprint density at radius 2 is 2.14 bits per heavy atom. The van der Waals surface area contributed by atoms with Crippen molar-refractivity contribution in [3.8, 4) is 0 Å². The fraction of sp³-hybridized carbons (Fsp3) is 0.300. The summed E-state index contributed by atoms with van der Waals surface area (Å²) in [6.07, 6.45) is 0.632. The van der Waals surface area contributed by atoms with E-state index in [1.165, 1.54) is 0 Å². The Balaban J connectivity index is 2.31. The van der Waals surface area contributed by atoms with Crippen LogP contribution >= 0.6 is 11.6 Å². The molecule has 0 unspecified atom stereocenters. The molecule has 3 nitrogen and oxygen atoms in total. The highest BCUT2D eigenvalue weighted by molar-refractivity contribution is 6.31. The second kappa shape index (κ2) is 5.62. The fourth-order valence-corrected chi connectivity index (χ4v) is 1.27. The van der Waals surface area contributed by atoms with E-state index in [0.29, 0.717) is 18.1 Å². The Kier molecular flexibility index (Phi) is 4.43. The van der Waals surface area contributed by atoms with E-state index in [-0.39, 0.29) is 6.61 Å². The summed E-state index contributed by atoms with van der Waals surface area (Å²) in [7, 11) is 0. The smallest absolute Gasteiger partial charge is 0.329 e. The lowest BCUT2D eigenvalue weighted by atomic mass is 10.2. The maximum atomic E-state index is 10.1. The first-order valence-electron chi connectivity index (χ1n) is 4.23. The summed E-state index contributed by atoms with van der Waals surface area (Å²) in [5.41, 5.74) is 0.972. The Morgan fingerprint density at radius 3 is 2.79 bits per heavy atom. The zero-order valence-corrected chi connectivity index (χ0v) is 8.33. The molecule has 0 bridgehead atoms. The first-order chi connectivity index (χ1) is 6.70. The monoisotopic (exact) mass is 214 g/mol. The maximum Gasteiger partial charge on any atom is 0.329 e. The number of ether oxygens (including phenoxy) is 1. The molecule has 0 spiro atoms. The zero-order valence-electron chi connectivity index (χ0n) is 7.57. The molecule has 0 fully saturated rings. The summed E-state index contributed by atoms with van der Waals surface area (Å²) in [6, 6.07) is 7.43. The van der Waals surface area contributed by atoms with Gasteiger partial charge in [0.05, 0.1) is 6.61 Å². The van der Waals surface area contributed by atoms with E-state index in [1.54, 1.807) is 6.07 Å². The maximum absolute atomic E-state index is 10.1. The van der Waals surface area contributed by atoms with E-state index < -0.39 is 5.97 Å². The molecule has 14 heavy (non-hydrogen) atoms. The van der Waals surface area contributed by atoms with Crippen molar-refractivity contribution in [3.63, 3.8) is 0 Å². The molecule has 0 radical (unpaired) electrons. The van der Waals surface area contributed by atoms with Crippen LogP contribution in [-0.2, 0) is 16.0 Å². The number of halogens is 1. The SMILES string of the molecule is O=C(O)COCCc1ccccc1Cl. The molecule has 0 heterocycles. The van der Waals surface area contributed by atoms with Crippen molar-refractivity contribution in [1.82, 2.24) is 0 Å². The summed E-state index contributed by atoms with van der Waals surface area (Å²) in [5, 5.41) is 9.00. The first-order valence-corrected chi connectivity index (χ1v) is 4.61. The van der Waals surface area contributed by atoms with Gasteiger partial charge in [-0.3, -0.25) is 0 Å². The van der Waals surface area contributed by atoms with Gasteiger partial charge in [-0.1, -0.05) is 29.8 Å². The Morgan fingerprint density at radius 1 is 1.43 bits per heavy atom. The van der Waals surface area contributed by atoms with Crippen molar-refractivity contribution in [2.45, 2.75) is 6.42 Å². The van der Waals surface area contributed by atoms with Gasteiger partial charge < -0.3 is 9.84 Å². The minimum atomic E-state index is -0.954. The molecule has 0 saturated heterocycles. The second-order valence-electron chi connectivity index (χ2n) is 2.79. The van der Waals surface area contributed by atoms with Crippen LogP contribution in [0.15, 0.2) is 24.3 Å². The number of hydrogen-bond acceptors (Lipinski definition) is 2. The summed E-state index contributed by atoms with van der Waals surface area (Å²) in [5.74, 6) is -0.954. The number of carbonyl (C=O) groups is 1. The van der Waals surface area contributed by atoms with Gasteiger partial charge in [-0.2, -0.15) is 0 Å². The lowest BCUT2D eigenvalue weighted by Gasteiger charge is -2.03. The number of carboxylic acid groups (broad SMARTS) is 1. The quantitative estimate of drug-likeness (QED) is 0.763. The molecule has 4 heteroatoms. The van der Waals surface area contributed by atoms with Crippen LogP contribution in [0, 0.1) is 0 Å². The van der Waals surface area contributed by atoms with Gasteiger partial charge in [-0.15, -0.1) is 0 Å². The number of carboxylic acids is 1. The van der Waals surface area contributed by atoms with E-state index in [1.807, 2.05) is 18.2 Å². The van der Waals surface area contributed by atoms with E-state index >= 15 is 0 Å². The van der Waals surface area contributed by atoms with Crippen molar-refractivity contribution in [3.05, 3.63) is 34.9 Å². The normalized spacial score (nSPS) is 10.1. The van der Waals surface area contributed by atoms with Crippen molar-refractivity contribution in [2.75, 3.05) is 13.2 Å². The molecule has 0 saturated carbocycles. The van der Waals surface area contributed by atoms with E-state index in [4.69, 9.17) is 21.4 Å². The predicted octanol–water partition coefficient (Wildman–Crippen LogP) is 1.98. The van der Waals surface area contributed by atoms with Crippen LogP contribution in [0.25, 0.3) is 0 Å². The summed E-state index contributed by atoms with van der Waals surface area (Å²) < 4.78 is 4.90. The lowest BCUT2D eigenvalue weighted by molar-refractivity contribution is -0.142. The molecular formula is C10H11ClO3. The third-order valence-electron chi connectivity index (χ3n) is 1.70. The third kappa shape index (κ3) is 3.77. The van der Waals surface area contributed by atoms with E-state index in [2.05, 4.69) is 0 Å². The minimum Gasteiger partial charge on any atom is -0.480 e. The minimum absolute atomic E-state index is 0.259. The Hall–Kier alpha value is -1.06. The van der Waals surface area contributed by atoms with Crippen LogP contribution in [0.4, 0.5) is 0 Å². The average Bonchev–Trinajstić information content (AvgIpc) is 2.15. The largest absolute Gasteiger partial charge is 0.480 e. The van der Waals surface area contributed by atoms with Gasteiger partial charge in [0.1, 0.15) is 6.61 Å². The van der Waals surface area contributed by atoms with Crippen LogP contribution in [0.3, 0.4) is 0 Å². The van der Waals surface area contributed by atoms with Gasteiger partial charge in [-0.05, 0) is 18.1 Å². The van der Waals surface area contributed by atoms with Crippen molar-refractivity contribution < 1.29 is 14.6 Å². The number of rotatable bonds is 5. The highest BCUT2D eigenvalue weighted by Gasteiger charge is 2.00. The highest BCUT2D eigenvalue weighted by Crippen LogP contribution is 2.15. The third-order valence-corrected chi connectivity index (χ3v) is 2.07. The molecule has 1 N–H and O–H groups in total. The highest BCUT2D eigenvalue weighted by atomic mass is 35.5. The number of hydrogen-bond donors (Lipinski definition) is 1. The summed E-state index contributed by atoms with van der Waals surface area (Å²) in [6.45, 7) is 0.112. The summed E-state index contributed by atoms with van der Waals surface area (Å²) in [4.78, 5) is 10.1. The van der Waals surface area contributed by atoms with Gasteiger partial charge in [0, 0.05) is 5.02 Å².